The summed E-state index contributed by atoms with van der Waals surface area (Å²) in [5.41, 5.74) is 4.35. The Morgan fingerprint density at radius 3 is 2.67 bits per heavy atom. The Labute approximate surface area is 124 Å². The molecule has 0 saturated heterocycles. The van der Waals surface area contributed by atoms with Crippen molar-refractivity contribution >= 4 is 17.3 Å². The van der Waals surface area contributed by atoms with Gasteiger partial charge >= 0.3 is 0 Å². The van der Waals surface area contributed by atoms with Crippen molar-refractivity contribution in [3.63, 3.8) is 0 Å². The molecule has 108 valence electrons. The molecule has 0 atom stereocenters. The van der Waals surface area contributed by atoms with Crippen molar-refractivity contribution in [1.82, 2.24) is 0 Å². The zero-order valence-corrected chi connectivity index (χ0v) is 12.0. The molecule has 0 aromatic heterocycles. The van der Waals surface area contributed by atoms with Crippen molar-refractivity contribution in [1.29, 1.82) is 0 Å². The van der Waals surface area contributed by atoms with Gasteiger partial charge in [-0.2, -0.15) is 0 Å². The summed E-state index contributed by atoms with van der Waals surface area (Å²) >= 11 is 0. The van der Waals surface area contributed by atoms with Gasteiger partial charge in [0.15, 0.2) is 0 Å². The molecule has 1 heterocycles. The SMILES string of the molecule is CC(=O)Nc1ccc(CNc2ccc3c(c2)CCO3)cc1. The predicted molar refractivity (Wildman–Crippen MR) is 83.7 cm³/mol. The van der Waals surface area contributed by atoms with Gasteiger partial charge in [0, 0.05) is 31.3 Å². The van der Waals surface area contributed by atoms with Gasteiger partial charge in [-0.15, -0.1) is 0 Å². The Morgan fingerprint density at radius 1 is 1.14 bits per heavy atom. The normalized spacial score (nSPS) is 12.4. The molecule has 0 spiro atoms. The van der Waals surface area contributed by atoms with Crippen molar-refractivity contribution in [2.45, 2.75) is 19.9 Å². The van der Waals surface area contributed by atoms with Crippen LogP contribution in [0, 0.1) is 0 Å². The monoisotopic (exact) mass is 282 g/mol. The van der Waals surface area contributed by atoms with Crippen LogP contribution in [0.5, 0.6) is 5.75 Å². The number of rotatable bonds is 4. The number of hydrogen-bond donors (Lipinski definition) is 2. The molecule has 2 aromatic carbocycles. The number of benzene rings is 2. The molecule has 21 heavy (non-hydrogen) atoms. The summed E-state index contributed by atoms with van der Waals surface area (Å²) < 4.78 is 5.50. The van der Waals surface area contributed by atoms with E-state index >= 15 is 0 Å². The van der Waals surface area contributed by atoms with Crippen LogP contribution < -0.4 is 15.4 Å². The summed E-state index contributed by atoms with van der Waals surface area (Å²) in [4.78, 5) is 11.0. The van der Waals surface area contributed by atoms with Crippen LogP contribution >= 0.6 is 0 Å². The number of carbonyl (C=O) groups is 1. The first-order valence-corrected chi connectivity index (χ1v) is 7.07. The zero-order valence-electron chi connectivity index (χ0n) is 12.0. The molecule has 0 aliphatic carbocycles. The van der Waals surface area contributed by atoms with Gasteiger partial charge < -0.3 is 15.4 Å². The number of ether oxygens (including phenoxy) is 1. The molecule has 2 aromatic rings. The Balaban J connectivity index is 1.61. The van der Waals surface area contributed by atoms with Crippen LogP contribution in [0.25, 0.3) is 0 Å². The van der Waals surface area contributed by atoms with E-state index in [0.717, 1.165) is 36.7 Å². The number of amides is 1. The van der Waals surface area contributed by atoms with Crippen molar-refractivity contribution in [3.05, 3.63) is 53.6 Å². The minimum absolute atomic E-state index is 0.0544. The minimum atomic E-state index is -0.0544. The fourth-order valence-corrected chi connectivity index (χ4v) is 2.41. The van der Waals surface area contributed by atoms with E-state index in [-0.39, 0.29) is 5.91 Å². The van der Waals surface area contributed by atoms with E-state index in [0.29, 0.717) is 0 Å². The van der Waals surface area contributed by atoms with E-state index in [1.165, 1.54) is 18.1 Å². The molecule has 2 N–H and O–H groups in total. The highest BCUT2D eigenvalue weighted by molar-refractivity contribution is 5.88. The molecule has 0 saturated carbocycles. The van der Waals surface area contributed by atoms with Gasteiger partial charge in [-0.3, -0.25) is 4.79 Å². The molecule has 1 amide bonds. The second kappa shape index (κ2) is 5.87. The van der Waals surface area contributed by atoms with Crippen LogP contribution in [0.3, 0.4) is 0 Å². The molecule has 1 aliphatic rings. The van der Waals surface area contributed by atoms with Crippen LogP contribution in [-0.2, 0) is 17.8 Å². The maximum absolute atomic E-state index is 11.0. The molecular formula is C17H18N2O2. The van der Waals surface area contributed by atoms with Crippen LogP contribution in [0.2, 0.25) is 0 Å². The van der Waals surface area contributed by atoms with Crippen molar-refractivity contribution in [3.8, 4) is 5.75 Å². The van der Waals surface area contributed by atoms with Gasteiger partial charge in [0.05, 0.1) is 6.61 Å². The lowest BCUT2D eigenvalue weighted by Gasteiger charge is -2.09. The lowest BCUT2D eigenvalue weighted by atomic mass is 10.1. The number of anilines is 2. The summed E-state index contributed by atoms with van der Waals surface area (Å²) in [7, 11) is 0. The van der Waals surface area contributed by atoms with Gasteiger partial charge in [-0.05, 0) is 41.5 Å². The average Bonchev–Trinajstić information content (AvgIpc) is 2.93. The van der Waals surface area contributed by atoms with Gasteiger partial charge in [-0.1, -0.05) is 12.1 Å². The quantitative estimate of drug-likeness (QED) is 0.905. The van der Waals surface area contributed by atoms with Crippen molar-refractivity contribution in [2.75, 3.05) is 17.2 Å². The van der Waals surface area contributed by atoms with E-state index in [1.54, 1.807) is 0 Å². The van der Waals surface area contributed by atoms with Crippen LogP contribution in [-0.4, -0.2) is 12.5 Å². The molecule has 0 bridgehead atoms. The second-order valence-corrected chi connectivity index (χ2v) is 5.15. The van der Waals surface area contributed by atoms with E-state index in [1.807, 2.05) is 36.4 Å². The largest absolute Gasteiger partial charge is 0.493 e. The second-order valence-electron chi connectivity index (χ2n) is 5.15. The minimum Gasteiger partial charge on any atom is -0.493 e. The molecule has 4 nitrogen and oxygen atoms in total. The first-order chi connectivity index (χ1) is 10.2. The lowest BCUT2D eigenvalue weighted by Crippen LogP contribution is -2.06. The van der Waals surface area contributed by atoms with Crippen molar-refractivity contribution < 1.29 is 9.53 Å². The smallest absolute Gasteiger partial charge is 0.221 e. The van der Waals surface area contributed by atoms with Gasteiger partial charge in [0.25, 0.3) is 0 Å². The van der Waals surface area contributed by atoms with E-state index < -0.39 is 0 Å². The summed E-state index contributed by atoms with van der Waals surface area (Å²) in [5, 5.41) is 6.17. The fraction of sp³-hybridized carbons (Fsp3) is 0.235. The molecule has 4 heteroatoms. The molecule has 0 fully saturated rings. The first-order valence-electron chi connectivity index (χ1n) is 7.07. The number of fused-ring (bicyclic) bond motifs is 1. The van der Waals surface area contributed by atoms with E-state index in [9.17, 15) is 4.79 Å². The lowest BCUT2D eigenvalue weighted by molar-refractivity contribution is -0.114. The number of carbonyl (C=O) groups excluding carboxylic acids is 1. The Morgan fingerprint density at radius 2 is 1.90 bits per heavy atom. The van der Waals surface area contributed by atoms with Crippen molar-refractivity contribution in [2.24, 2.45) is 0 Å². The zero-order chi connectivity index (χ0) is 14.7. The molecule has 0 radical (unpaired) electrons. The van der Waals surface area contributed by atoms with Crippen LogP contribution in [0.4, 0.5) is 11.4 Å². The Kier molecular flexibility index (Phi) is 3.77. The topological polar surface area (TPSA) is 50.4 Å². The highest BCUT2D eigenvalue weighted by atomic mass is 16.5. The number of hydrogen-bond acceptors (Lipinski definition) is 3. The summed E-state index contributed by atoms with van der Waals surface area (Å²) in [6.45, 7) is 3.04. The highest BCUT2D eigenvalue weighted by Crippen LogP contribution is 2.28. The molecule has 1 aliphatic heterocycles. The molecule has 0 unspecified atom stereocenters. The van der Waals surface area contributed by atoms with Crippen LogP contribution in [0.1, 0.15) is 18.1 Å². The van der Waals surface area contributed by atoms with E-state index in [4.69, 9.17) is 4.74 Å². The average molecular weight is 282 g/mol. The molecule has 3 rings (SSSR count). The highest BCUT2D eigenvalue weighted by Gasteiger charge is 2.11. The molecular weight excluding hydrogens is 264 g/mol. The van der Waals surface area contributed by atoms with Crippen LogP contribution in [0.15, 0.2) is 42.5 Å². The van der Waals surface area contributed by atoms with Gasteiger partial charge in [-0.25, -0.2) is 0 Å². The van der Waals surface area contributed by atoms with E-state index in [2.05, 4.69) is 16.7 Å². The maximum Gasteiger partial charge on any atom is 0.221 e. The summed E-state index contributed by atoms with van der Waals surface area (Å²) in [6, 6.07) is 14.0. The fourth-order valence-electron chi connectivity index (χ4n) is 2.41. The first kappa shape index (κ1) is 13.5. The van der Waals surface area contributed by atoms with Gasteiger partial charge in [0.2, 0.25) is 5.91 Å². The Hall–Kier alpha value is -2.49. The third-order valence-corrected chi connectivity index (χ3v) is 3.46. The third-order valence-electron chi connectivity index (χ3n) is 3.46. The third kappa shape index (κ3) is 3.34. The number of nitrogens with one attached hydrogen (secondary N) is 2. The summed E-state index contributed by atoms with van der Waals surface area (Å²) in [5.74, 6) is 0.946. The standard InChI is InChI=1S/C17H18N2O2/c1-12(20)19-15-4-2-13(3-5-15)11-18-16-6-7-17-14(10-16)8-9-21-17/h2-7,10,18H,8-9,11H2,1H3,(H,19,20). The predicted octanol–water partition coefficient (Wildman–Crippen LogP) is 3.19. The maximum atomic E-state index is 11.0. The summed E-state index contributed by atoms with van der Waals surface area (Å²) in [6.07, 6.45) is 0.982. The van der Waals surface area contributed by atoms with Gasteiger partial charge in [0.1, 0.15) is 5.75 Å². The Bertz CT molecular complexity index is 650.